The summed E-state index contributed by atoms with van der Waals surface area (Å²) in [6, 6.07) is 2.51. The Labute approximate surface area is 116 Å². The number of likely N-dealkylation sites (tertiary alicyclic amines) is 1. The normalized spacial score (nSPS) is 19.7. The van der Waals surface area contributed by atoms with E-state index in [9.17, 15) is 0 Å². The first-order chi connectivity index (χ1) is 9.24. The Morgan fingerprint density at radius 3 is 3.11 bits per heavy atom. The third-order valence-corrected chi connectivity index (χ3v) is 4.30. The van der Waals surface area contributed by atoms with E-state index in [1.54, 1.807) is 17.5 Å². The molecule has 98 valence electrons. The standard InChI is InChI=1S/C13H15N5S/c1-10-15-6-13(19-10)9-17-3-2-12(8-17)18-7-11(4-14)5-16-18/h5-7,12H,2-3,8-9H2,1H3. The van der Waals surface area contributed by atoms with E-state index in [0.717, 1.165) is 31.1 Å². The molecule has 0 bridgehead atoms. The second-order valence-corrected chi connectivity index (χ2v) is 6.16. The van der Waals surface area contributed by atoms with Crippen LogP contribution in [0.1, 0.15) is 27.9 Å². The quantitative estimate of drug-likeness (QED) is 0.858. The zero-order valence-corrected chi connectivity index (χ0v) is 11.6. The first-order valence-corrected chi connectivity index (χ1v) is 7.14. The Balaban J connectivity index is 1.62. The molecule has 1 aliphatic heterocycles. The Morgan fingerprint density at radius 1 is 1.53 bits per heavy atom. The Hall–Kier alpha value is -1.71. The predicted molar refractivity (Wildman–Crippen MR) is 72.7 cm³/mol. The topological polar surface area (TPSA) is 57.7 Å². The number of aryl methyl sites for hydroxylation is 1. The molecular weight excluding hydrogens is 258 g/mol. The van der Waals surface area contributed by atoms with Gasteiger partial charge in [-0.2, -0.15) is 10.4 Å². The van der Waals surface area contributed by atoms with Crippen molar-refractivity contribution in [2.24, 2.45) is 0 Å². The van der Waals surface area contributed by atoms with Gasteiger partial charge in [-0.3, -0.25) is 9.58 Å². The van der Waals surface area contributed by atoms with Crippen molar-refractivity contribution < 1.29 is 0 Å². The van der Waals surface area contributed by atoms with Crippen molar-refractivity contribution >= 4 is 11.3 Å². The summed E-state index contributed by atoms with van der Waals surface area (Å²) in [7, 11) is 0. The highest BCUT2D eigenvalue weighted by Gasteiger charge is 2.24. The maximum atomic E-state index is 8.82. The lowest BCUT2D eigenvalue weighted by Gasteiger charge is -2.14. The van der Waals surface area contributed by atoms with Crippen LogP contribution in [-0.2, 0) is 6.54 Å². The Kier molecular flexibility index (Phi) is 3.32. The van der Waals surface area contributed by atoms with Crippen molar-refractivity contribution in [1.82, 2.24) is 19.7 Å². The Bertz CT molecular complexity index is 609. The van der Waals surface area contributed by atoms with E-state index in [-0.39, 0.29) is 0 Å². The number of hydrogen-bond acceptors (Lipinski definition) is 5. The van der Waals surface area contributed by atoms with Gasteiger partial charge in [-0.25, -0.2) is 4.98 Å². The molecule has 2 aromatic heterocycles. The first kappa shape index (κ1) is 12.3. The van der Waals surface area contributed by atoms with E-state index in [0.29, 0.717) is 11.6 Å². The van der Waals surface area contributed by atoms with Gasteiger partial charge in [0.2, 0.25) is 0 Å². The molecule has 0 saturated carbocycles. The van der Waals surface area contributed by atoms with Crippen LogP contribution in [0.25, 0.3) is 0 Å². The van der Waals surface area contributed by atoms with Crippen LogP contribution in [0.5, 0.6) is 0 Å². The van der Waals surface area contributed by atoms with Crippen LogP contribution in [-0.4, -0.2) is 32.8 Å². The summed E-state index contributed by atoms with van der Waals surface area (Å²) >= 11 is 1.76. The number of aromatic nitrogens is 3. The number of thiazole rings is 1. The van der Waals surface area contributed by atoms with Crippen LogP contribution in [0.4, 0.5) is 0 Å². The van der Waals surface area contributed by atoms with Crippen LogP contribution < -0.4 is 0 Å². The second-order valence-electron chi connectivity index (χ2n) is 4.84. The molecule has 1 saturated heterocycles. The van der Waals surface area contributed by atoms with Gasteiger partial charge in [0.1, 0.15) is 6.07 Å². The SMILES string of the molecule is Cc1ncc(CN2CCC(n3cc(C#N)cn3)C2)s1. The van der Waals surface area contributed by atoms with Gasteiger partial charge in [-0.1, -0.05) is 0 Å². The molecule has 3 heterocycles. The van der Waals surface area contributed by atoms with Gasteiger partial charge in [0.05, 0.1) is 22.8 Å². The molecular formula is C13H15N5S. The van der Waals surface area contributed by atoms with Gasteiger partial charge in [-0.05, 0) is 13.3 Å². The first-order valence-electron chi connectivity index (χ1n) is 6.32. The van der Waals surface area contributed by atoms with E-state index in [1.165, 1.54) is 4.88 Å². The summed E-state index contributed by atoms with van der Waals surface area (Å²) in [5.74, 6) is 0. The van der Waals surface area contributed by atoms with E-state index >= 15 is 0 Å². The van der Waals surface area contributed by atoms with Crippen LogP contribution in [0.2, 0.25) is 0 Å². The zero-order chi connectivity index (χ0) is 13.2. The number of rotatable bonds is 3. The fraction of sp³-hybridized carbons (Fsp3) is 0.462. The van der Waals surface area contributed by atoms with Crippen LogP contribution in [0, 0.1) is 18.3 Å². The maximum Gasteiger partial charge on any atom is 0.102 e. The molecule has 1 aliphatic rings. The third kappa shape index (κ3) is 2.67. The molecule has 1 unspecified atom stereocenters. The molecule has 0 aliphatic carbocycles. The van der Waals surface area contributed by atoms with Gasteiger partial charge < -0.3 is 0 Å². The van der Waals surface area contributed by atoms with Crippen molar-refractivity contribution in [3.8, 4) is 6.07 Å². The molecule has 6 heteroatoms. The van der Waals surface area contributed by atoms with Crippen molar-refractivity contribution in [2.75, 3.05) is 13.1 Å². The molecule has 0 amide bonds. The largest absolute Gasteiger partial charge is 0.296 e. The lowest BCUT2D eigenvalue weighted by atomic mass is 10.3. The predicted octanol–water partition coefficient (Wildman–Crippen LogP) is 1.97. The van der Waals surface area contributed by atoms with Gasteiger partial charge in [0, 0.05) is 36.9 Å². The molecule has 3 rings (SSSR count). The van der Waals surface area contributed by atoms with Crippen molar-refractivity contribution in [3.05, 3.63) is 34.0 Å². The molecule has 0 aromatic carbocycles. The molecule has 1 atom stereocenters. The third-order valence-electron chi connectivity index (χ3n) is 3.40. The minimum absolute atomic E-state index is 0.385. The van der Waals surface area contributed by atoms with E-state index < -0.39 is 0 Å². The van der Waals surface area contributed by atoms with Crippen LogP contribution in [0.3, 0.4) is 0 Å². The molecule has 0 spiro atoms. The summed E-state index contributed by atoms with van der Waals surface area (Å²) in [6.45, 7) is 5.06. The maximum absolute atomic E-state index is 8.82. The average molecular weight is 273 g/mol. The molecule has 0 radical (unpaired) electrons. The number of nitriles is 1. The van der Waals surface area contributed by atoms with Gasteiger partial charge in [0.15, 0.2) is 0 Å². The van der Waals surface area contributed by atoms with E-state index in [1.807, 2.05) is 24.0 Å². The second kappa shape index (κ2) is 5.11. The molecule has 0 N–H and O–H groups in total. The van der Waals surface area contributed by atoms with Crippen LogP contribution >= 0.6 is 11.3 Å². The lowest BCUT2D eigenvalue weighted by molar-refractivity contribution is 0.314. The molecule has 19 heavy (non-hydrogen) atoms. The van der Waals surface area contributed by atoms with E-state index in [4.69, 9.17) is 5.26 Å². The van der Waals surface area contributed by atoms with E-state index in [2.05, 4.69) is 21.1 Å². The van der Waals surface area contributed by atoms with Crippen molar-refractivity contribution in [1.29, 1.82) is 5.26 Å². The lowest BCUT2D eigenvalue weighted by Crippen LogP contribution is -2.20. The van der Waals surface area contributed by atoms with Crippen molar-refractivity contribution in [3.63, 3.8) is 0 Å². The minimum Gasteiger partial charge on any atom is -0.296 e. The molecule has 5 nitrogen and oxygen atoms in total. The van der Waals surface area contributed by atoms with Crippen LogP contribution in [0.15, 0.2) is 18.6 Å². The number of nitrogens with zero attached hydrogens (tertiary/aromatic N) is 5. The van der Waals surface area contributed by atoms with Crippen molar-refractivity contribution in [2.45, 2.75) is 25.9 Å². The summed E-state index contributed by atoms with van der Waals surface area (Å²) in [5.41, 5.74) is 0.636. The summed E-state index contributed by atoms with van der Waals surface area (Å²) in [4.78, 5) is 8.03. The highest BCUT2D eigenvalue weighted by Crippen LogP contribution is 2.24. The summed E-state index contributed by atoms with van der Waals surface area (Å²) in [6.07, 6.45) is 6.53. The fourth-order valence-electron chi connectivity index (χ4n) is 2.47. The van der Waals surface area contributed by atoms with Gasteiger partial charge >= 0.3 is 0 Å². The van der Waals surface area contributed by atoms with Gasteiger partial charge in [-0.15, -0.1) is 11.3 Å². The zero-order valence-electron chi connectivity index (χ0n) is 10.8. The Morgan fingerprint density at radius 2 is 2.42 bits per heavy atom. The molecule has 1 fully saturated rings. The highest BCUT2D eigenvalue weighted by atomic mass is 32.1. The fourth-order valence-corrected chi connectivity index (χ4v) is 3.30. The average Bonchev–Trinajstić information content (AvgIpc) is 3.10. The number of hydrogen-bond donors (Lipinski definition) is 0. The summed E-state index contributed by atoms with van der Waals surface area (Å²) in [5, 5.41) is 14.2. The smallest absolute Gasteiger partial charge is 0.102 e. The molecule has 2 aromatic rings. The minimum atomic E-state index is 0.385. The monoisotopic (exact) mass is 273 g/mol. The van der Waals surface area contributed by atoms with Gasteiger partial charge in [0.25, 0.3) is 0 Å². The summed E-state index contributed by atoms with van der Waals surface area (Å²) < 4.78 is 1.93. The highest BCUT2D eigenvalue weighted by molar-refractivity contribution is 7.11.